The summed E-state index contributed by atoms with van der Waals surface area (Å²) in [6.07, 6.45) is 8.62. The number of unbranched alkanes of at least 4 members (excludes halogenated alkanes) is 1. The van der Waals surface area contributed by atoms with Crippen LogP contribution >= 0.6 is 0 Å². The Balaban J connectivity index is 1.32. The minimum atomic E-state index is -0.941. The van der Waals surface area contributed by atoms with Gasteiger partial charge < -0.3 is 4.74 Å². The molecule has 0 atom stereocenters. The number of hydrogen-bond acceptors (Lipinski definition) is 1. The highest BCUT2D eigenvalue weighted by molar-refractivity contribution is 5.65. The number of halogens is 3. The van der Waals surface area contributed by atoms with E-state index in [0.717, 1.165) is 68.9 Å². The summed E-state index contributed by atoms with van der Waals surface area (Å²) in [5.74, 6) is -1.50. The van der Waals surface area contributed by atoms with Crippen molar-refractivity contribution in [3.05, 3.63) is 88.7 Å². The second-order valence-electron chi connectivity index (χ2n) is 10.2. The quantitative estimate of drug-likeness (QED) is 0.273. The molecule has 4 heteroatoms. The predicted molar refractivity (Wildman–Crippen MR) is 141 cm³/mol. The van der Waals surface area contributed by atoms with E-state index in [0.29, 0.717) is 12.2 Å². The summed E-state index contributed by atoms with van der Waals surface area (Å²) in [5.41, 5.74) is 3.95. The van der Waals surface area contributed by atoms with Gasteiger partial charge in [-0.2, -0.15) is 4.39 Å². The molecule has 0 unspecified atom stereocenters. The van der Waals surface area contributed by atoms with E-state index in [4.69, 9.17) is 4.74 Å². The molecule has 3 aromatic rings. The van der Waals surface area contributed by atoms with Gasteiger partial charge in [0, 0.05) is 5.56 Å². The molecule has 0 saturated heterocycles. The van der Waals surface area contributed by atoms with Crippen LogP contribution in [-0.4, -0.2) is 6.61 Å². The monoisotopic (exact) mass is 494 g/mol. The van der Waals surface area contributed by atoms with E-state index in [1.165, 1.54) is 11.6 Å². The number of ether oxygens (including phenoxy) is 1. The molecule has 1 fully saturated rings. The predicted octanol–water partition coefficient (Wildman–Crippen LogP) is 9.42. The zero-order valence-corrected chi connectivity index (χ0v) is 21.5. The van der Waals surface area contributed by atoms with Gasteiger partial charge >= 0.3 is 0 Å². The molecule has 3 aromatic carbocycles. The maximum atomic E-state index is 14.8. The van der Waals surface area contributed by atoms with Crippen LogP contribution in [0.5, 0.6) is 5.75 Å². The van der Waals surface area contributed by atoms with Crippen LogP contribution in [-0.2, 0) is 12.8 Å². The van der Waals surface area contributed by atoms with E-state index in [1.807, 2.05) is 30.3 Å². The third kappa shape index (κ3) is 6.32. The molecule has 0 aromatic heterocycles. The molecule has 0 bridgehead atoms. The normalized spacial score (nSPS) is 17.8. The number of hydrogen-bond donors (Lipinski definition) is 0. The molecule has 192 valence electrons. The first-order valence-electron chi connectivity index (χ1n) is 13.5. The van der Waals surface area contributed by atoms with Crippen molar-refractivity contribution in [2.24, 2.45) is 5.92 Å². The molecule has 1 aliphatic carbocycles. The van der Waals surface area contributed by atoms with Gasteiger partial charge in [0.15, 0.2) is 11.6 Å². The van der Waals surface area contributed by atoms with Gasteiger partial charge in [-0.3, -0.25) is 0 Å². The Morgan fingerprint density at radius 1 is 0.750 bits per heavy atom. The topological polar surface area (TPSA) is 9.23 Å². The third-order valence-electron chi connectivity index (χ3n) is 7.50. The van der Waals surface area contributed by atoms with Crippen LogP contribution < -0.4 is 4.74 Å². The molecule has 0 amide bonds. The molecular formula is C32H37F3O. The number of aryl methyl sites for hydroxylation is 2. The van der Waals surface area contributed by atoms with Crippen LogP contribution in [0.1, 0.15) is 81.4 Å². The van der Waals surface area contributed by atoms with Crippen molar-refractivity contribution in [1.29, 1.82) is 0 Å². The molecule has 1 nitrogen and oxygen atoms in total. The van der Waals surface area contributed by atoms with E-state index >= 15 is 0 Å². The summed E-state index contributed by atoms with van der Waals surface area (Å²) >= 11 is 0. The van der Waals surface area contributed by atoms with Crippen molar-refractivity contribution in [3.8, 4) is 16.9 Å². The van der Waals surface area contributed by atoms with Crippen molar-refractivity contribution in [1.82, 2.24) is 0 Å². The molecule has 0 spiro atoms. The lowest BCUT2D eigenvalue weighted by Gasteiger charge is -2.29. The van der Waals surface area contributed by atoms with Crippen LogP contribution in [0.2, 0.25) is 0 Å². The van der Waals surface area contributed by atoms with E-state index in [9.17, 15) is 13.2 Å². The Hall–Kier alpha value is -2.75. The average molecular weight is 495 g/mol. The van der Waals surface area contributed by atoms with Gasteiger partial charge in [0.25, 0.3) is 0 Å². The van der Waals surface area contributed by atoms with E-state index in [1.54, 1.807) is 12.1 Å². The highest BCUT2D eigenvalue weighted by atomic mass is 19.2. The summed E-state index contributed by atoms with van der Waals surface area (Å²) in [7, 11) is 0. The zero-order chi connectivity index (χ0) is 25.5. The van der Waals surface area contributed by atoms with Gasteiger partial charge in [-0.15, -0.1) is 0 Å². The van der Waals surface area contributed by atoms with Crippen LogP contribution in [0.3, 0.4) is 0 Å². The first-order valence-corrected chi connectivity index (χ1v) is 13.5. The van der Waals surface area contributed by atoms with Crippen molar-refractivity contribution < 1.29 is 17.9 Å². The van der Waals surface area contributed by atoms with Gasteiger partial charge in [0.1, 0.15) is 5.82 Å². The molecule has 0 N–H and O–H groups in total. The Bertz CT molecular complexity index is 1130. The average Bonchev–Trinajstić information content (AvgIpc) is 2.90. The van der Waals surface area contributed by atoms with Crippen molar-refractivity contribution in [3.63, 3.8) is 0 Å². The van der Waals surface area contributed by atoms with Gasteiger partial charge in [0.05, 0.1) is 6.61 Å². The lowest BCUT2D eigenvalue weighted by Crippen LogP contribution is -2.20. The zero-order valence-electron chi connectivity index (χ0n) is 21.5. The Morgan fingerprint density at radius 3 is 2.14 bits per heavy atom. The second kappa shape index (κ2) is 12.5. The Kier molecular flexibility index (Phi) is 9.12. The van der Waals surface area contributed by atoms with Gasteiger partial charge in [-0.25, -0.2) is 8.78 Å². The molecule has 1 aliphatic rings. The molecule has 1 saturated carbocycles. The minimum absolute atomic E-state index is 0.0466. The van der Waals surface area contributed by atoms with E-state index in [2.05, 4.69) is 19.9 Å². The fourth-order valence-corrected chi connectivity index (χ4v) is 5.29. The Labute approximate surface area is 213 Å². The minimum Gasteiger partial charge on any atom is -0.490 e. The summed E-state index contributed by atoms with van der Waals surface area (Å²) in [4.78, 5) is 0. The van der Waals surface area contributed by atoms with E-state index in [-0.39, 0.29) is 29.0 Å². The molecule has 36 heavy (non-hydrogen) atoms. The fourth-order valence-electron chi connectivity index (χ4n) is 5.29. The first-order chi connectivity index (χ1) is 17.5. The highest BCUT2D eigenvalue weighted by Crippen LogP contribution is 2.38. The maximum absolute atomic E-state index is 14.8. The summed E-state index contributed by atoms with van der Waals surface area (Å²) in [6, 6.07) is 16.4. The van der Waals surface area contributed by atoms with Crippen molar-refractivity contribution in [2.75, 3.05) is 6.61 Å². The standard InChI is InChI=1S/C32H37F3O/c1-3-5-7-23-12-17-27(29(33)20-23)25-15-10-24(11-16-25)21-36-30-19-18-28(31(34)32(30)35)26-13-8-22(6-4-2)9-14-26/h8-9,12-14,17-20,24-25H,3-7,10-11,15-16,21H2,1-2H3. The maximum Gasteiger partial charge on any atom is 0.201 e. The van der Waals surface area contributed by atoms with Crippen LogP contribution in [0, 0.1) is 23.4 Å². The SMILES string of the molecule is CCCCc1ccc(C2CCC(COc3ccc(-c4ccc(CCC)cc4)c(F)c3F)CC2)c(F)c1. The van der Waals surface area contributed by atoms with Crippen LogP contribution in [0.15, 0.2) is 54.6 Å². The third-order valence-corrected chi connectivity index (χ3v) is 7.50. The van der Waals surface area contributed by atoms with Crippen LogP contribution in [0.4, 0.5) is 13.2 Å². The Morgan fingerprint density at radius 2 is 1.47 bits per heavy atom. The fraction of sp³-hybridized carbons (Fsp3) is 0.438. The molecule has 0 radical (unpaired) electrons. The lowest BCUT2D eigenvalue weighted by molar-refractivity contribution is 0.192. The molecule has 4 rings (SSSR count). The number of rotatable bonds is 10. The van der Waals surface area contributed by atoms with Crippen molar-refractivity contribution in [2.45, 2.75) is 77.6 Å². The molecule has 0 aliphatic heterocycles. The number of benzene rings is 3. The highest BCUT2D eigenvalue weighted by Gasteiger charge is 2.25. The summed E-state index contributed by atoms with van der Waals surface area (Å²) in [6.45, 7) is 4.59. The molecule has 0 heterocycles. The smallest absolute Gasteiger partial charge is 0.201 e. The van der Waals surface area contributed by atoms with Crippen LogP contribution in [0.25, 0.3) is 11.1 Å². The summed E-state index contributed by atoms with van der Waals surface area (Å²) in [5, 5.41) is 0. The molecular weight excluding hydrogens is 457 g/mol. The summed E-state index contributed by atoms with van der Waals surface area (Å²) < 4.78 is 50.1. The second-order valence-corrected chi connectivity index (χ2v) is 10.2. The van der Waals surface area contributed by atoms with Gasteiger partial charge in [-0.1, -0.05) is 63.1 Å². The lowest BCUT2D eigenvalue weighted by atomic mass is 9.78. The first kappa shape index (κ1) is 26.3. The van der Waals surface area contributed by atoms with E-state index < -0.39 is 11.6 Å². The largest absolute Gasteiger partial charge is 0.490 e. The van der Waals surface area contributed by atoms with Crippen molar-refractivity contribution >= 4 is 0 Å². The van der Waals surface area contributed by atoms with Gasteiger partial charge in [0.2, 0.25) is 5.82 Å². The van der Waals surface area contributed by atoms with Gasteiger partial charge in [-0.05, 0) is 97.2 Å².